The average molecular weight is 876 g/mol. The van der Waals surface area contributed by atoms with Crippen molar-refractivity contribution >= 4 is 49.8 Å². The molecule has 59 heavy (non-hydrogen) atoms. The largest absolute Gasteiger partial charge is 0.492 e. The number of nitrogens with zero attached hydrogens (tertiary/aromatic N) is 3. The SMILES string of the molecule is COc1c(N2CCN(C(=O)OC(C)OC(=O)CCCC(P(=O)(OC(C)C)OC(C)C)P(=O)(OC(C)C)OC(C)C)C(C)C2)c(F)cc2c(=O)c(C(=O)O)cn(C3CC3)c12. The van der Waals surface area contributed by atoms with Gasteiger partial charge in [-0.2, -0.15) is 0 Å². The zero-order valence-corrected chi connectivity index (χ0v) is 37.6. The third-order valence-electron chi connectivity index (χ3n) is 9.32. The van der Waals surface area contributed by atoms with E-state index in [4.69, 9.17) is 32.3 Å². The number of carbonyl (C=O) groups excluding carboxylic acids is 2. The normalized spacial score (nSPS) is 17.1. The number of fused-ring (bicyclic) bond motifs is 1. The van der Waals surface area contributed by atoms with Crippen molar-refractivity contribution in [3.05, 3.63) is 33.9 Å². The van der Waals surface area contributed by atoms with Crippen LogP contribution in [0.5, 0.6) is 5.75 Å². The number of piperazine rings is 1. The highest BCUT2D eigenvalue weighted by molar-refractivity contribution is 7.72. The van der Waals surface area contributed by atoms with Crippen molar-refractivity contribution in [1.29, 1.82) is 0 Å². The van der Waals surface area contributed by atoms with Gasteiger partial charge in [-0.1, -0.05) is 0 Å². The molecule has 1 N–H and O–H groups in total. The number of aromatic nitrogens is 1. The van der Waals surface area contributed by atoms with Crippen LogP contribution < -0.4 is 15.1 Å². The number of pyridine rings is 1. The molecule has 2 fully saturated rings. The number of carboxylic acids is 1. The summed E-state index contributed by atoms with van der Waals surface area (Å²) < 4.78 is 86.1. The molecule has 1 aromatic heterocycles. The maximum Gasteiger partial charge on any atom is 0.413 e. The predicted molar refractivity (Wildman–Crippen MR) is 218 cm³/mol. The van der Waals surface area contributed by atoms with Gasteiger partial charge in [0.25, 0.3) is 0 Å². The van der Waals surface area contributed by atoms with Gasteiger partial charge in [-0.05, 0) is 94.1 Å². The fourth-order valence-electron chi connectivity index (χ4n) is 7.06. The first-order valence-corrected chi connectivity index (χ1v) is 23.3. The number of aromatic carboxylic acids is 1. The summed E-state index contributed by atoms with van der Waals surface area (Å²) in [7, 11) is -6.97. The number of ether oxygens (including phenoxy) is 3. The van der Waals surface area contributed by atoms with Crippen molar-refractivity contribution in [2.45, 2.75) is 150 Å². The molecule has 4 rings (SSSR count). The molecule has 2 aromatic rings. The second-order valence-corrected chi connectivity index (χ2v) is 20.6. The maximum atomic E-state index is 15.9. The maximum absolute atomic E-state index is 15.9. The van der Waals surface area contributed by atoms with Crippen LogP contribution in [0.15, 0.2) is 17.1 Å². The van der Waals surface area contributed by atoms with Gasteiger partial charge >= 0.3 is 33.2 Å². The number of carbonyl (C=O) groups is 3. The second-order valence-electron chi connectivity index (χ2n) is 16.0. The van der Waals surface area contributed by atoms with E-state index < -0.39 is 92.2 Å². The summed E-state index contributed by atoms with van der Waals surface area (Å²) in [5, 5.41) is 8.18. The lowest BCUT2D eigenvalue weighted by atomic mass is 10.1. The van der Waals surface area contributed by atoms with E-state index in [-0.39, 0.29) is 61.8 Å². The minimum absolute atomic E-state index is 0.0231. The molecule has 0 spiro atoms. The van der Waals surface area contributed by atoms with Crippen LogP contribution in [0.2, 0.25) is 0 Å². The molecule has 2 atom stereocenters. The van der Waals surface area contributed by atoms with E-state index in [1.54, 1.807) is 71.8 Å². The summed E-state index contributed by atoms with van der Waals surface area (Å²) in [5.41, 5.74) is -0.901. The number of halogens is 1. The standard InChI is InChI=1S/C39H60FN3O14P2/c1-22(2)54-58(49,55-23(3)4)33(59(50,56-24(5)6)57-25(7)8)14-12-13-32(44)52-27(10)53-39(48)42-18-17-41(20-26(42)9)35-31(40)19-29-34(37(35)51-11)43(28-15-16-28)21-30(36(29)45)38(46)47/h19,21-28,33H,12-18,20H2,1-11H3,(H,46,47). The minimum atomic E-state index is -4.16. The molecule has 1 amide bonds. The molecular weight excluding hydrogens is 815 g/mol. The average Bonchev–Trinajstić information content (AvgIpc) is 3.93. The van der Waals surface area contributed by atoms with Gasteiger partial charge in [-0.25, -0.2) is 14.0 Å². The minimum Gasteiger partial charge on any atom is -0.492 e. The van der Waals surface area contributed by atoms with Crippen molar-refractivity contribution in [3.63, 3.8) is 0 Å². The van der Waals surface area contributed by atoms with Gasteiger partial charge in [0.1, 0.15) is 11.3 Å². The van der Waals surface area contributed by atoms with Crippen LogP contribution in [0, 0.1) is 5.82 Å². The van der Waals surface area contributed by atoms with Crippen LogP contribution in [-0.2, 0) is 41.5 Å². The Morgan fingerprint density at radius 2 is 1.42 bits per heavy atom. The zero-order chi connectivity index (χ0) is 44.1. The van der Waals surface area contributed by atoms with Crippen molar-refractivity contribution < 1.29 is 65.3 Å². The Balaban J connectivity index is 1.43. The number of benzene rings is 1. The molecule has 2 unspecified atom stereocenters. The number of hydrogen-bond acceptors (Lipinski definition) is 14. The van der Waals surface area contributed by atoms with Crippen LogP contribution >= 0.6 is 15.2 Å². The van der Waals surface area contributed by atoms with E-state index in [1.165, 1.54) is 25.1 Å². The summed E-state index contributed by atoms with van der Waals surface area (Å²) in [5.74, 6) is -2.84. The number of rotatable bonds is 20. The highest BCUT2D eigenvalue weighted by atomic mass is 31.2. The van der Waals surface area contributed by atoms with E-state index in [1.807, 2.05) is 0 Å². The summed E-state index contributed by atoms with van der Waals surface area (Å²) in [6.45, 7) is 16.8. The molecule has 1 aliphatic heterocycles. The molecule has 17 nitrogen and oxygen atoms in total. The van der Waals surface area contributed by atoms with E-state index >= 15 is 4.39 Å². The third kappa shape index (κ3) is 11.9. The number of esters is 1. The number of methoxy groups -OCH3 is 1. The number of amides is 1. The second kappa shape index (κ2) is 19.9. The van der Waals surface area contributed by atoms with Gasteiger partial charge < -0.3 is 51.8 Å². The monoisotopic (exact) mass is 875 g/mol. The molecule has 2 aliphatic rings. The van der Waals surface area contributed by atoms with Gasteiger partial charge in [0.15, 0.2) is 17.0 Å². The Kier molecular flexibility index (Phi) is 16.2. The quantitative estimate of drug-likeness (QED) is 0.0756. The lowest BCUT2D eigenvalue weighted by Gasteiger charge is -2.41. The molecule has 20 heteroatoms. The van der Waals surface area contributed by atoms with Gasteiger partial charge in [0, 0.05) is 51.3 Å². The lowest BCUT2D eigenvalue weighted by Crippen LogP contribution is -2.55. The fraction of sp³-hybridized carbons (Fsp3) is 0.692. The Morgan fingerprint density at radius 1 is 0.881 bits per heavy atom. The Bertz CT molecular complexity index is 1940. The zero-order valence-electron chi connectivity index (χ0n) is 35.8. The molecule has 0 bridgehead atoms. The molecule has 1 saturated carbocycles. The van der Waals surface area contributed by atoms with Gasteiger partial charge in [0.2, 0.25) is 11.7 Å². The van der Waals surface area contributed by atoms with Crippen LogP contribution in [0.4, 0.5) is 14.9 Å². The summed E-state index contributed by atoms with van der Waals surface area (Å²) in [6.07, 6.45) is -1.85. The topological polar surface area (TPSA) is 199 Å². The first-order chi connectivity index (χ1) is 27.5. The first-order valence-electron chi connectivity index (χ1n) is 20.0. The lowest BCUT2D eigenvalue weighted by molar-refractivity contribution is -0.166. The van der Waals surface area contributed by atoms with Crippen LogP contribution in [-0.4, -0.2) is 101 Å². The van der Waals surface area contributed by atoms with Gasteiger partial charge in [-0.15, -0.1) is 0 Å². The summed E-state index contributed by atoms with van der Waals surface area (Å²) in [6, 6.07) is 0.447. The summed E-state index contributed by atoms with van der Waals surface area (Å²) >= 11 is 0. The molecule has 1 aromatic carbocycles. The highest BCUT2D eigenvalue weighted by Crippen LogP contribution is 2.73. The van der Waals surface area contributed by atoms with Crippen LogP contribution in [0.3, 0.4) is 0 Å². The highest BCUT2D eigenvalue weighted by Gasteiger charge is 2.52. The van der Waals surface area contributed by atoms with Gasteiger partial charge in [-0.3, -0.25) is 18.7 Å². The van der Waals surface area contributed by atoms with Crippen molar-refractivity contribution in [1.82, 2.24) is 9.47 Å². The molecule has 332 valence electrons. The van der Waals surface area contributed by atoms with E-state index in [2.05, 4.69) is 0 Å². The smallest absolute Gasteiger partial charge is 0.413 e. The van der Waals surface area contributed by atoms with E-state index in [9.17, 15) is 33.4 Å². The Labute approximate surface area is 344 Å². The number of hydrogen-bond donors (Lipinski definition) is 1. The van der Waals surface area contributed by atoms with Gasteiger partial charge in [0.05, 0.1) is 42.4 Å². The van der Waals surface area contributed by atoms with Crippen LogP contribution in [0.1, 0.15) is 118 Å². The molecule has 2 heterocycles. The first kappa shape index (κ1) is 48.1. The Hall–Kier alpha value is -3.53. The van der Waals surface area contributed by atoms with E-state index in [0.29, 0.717) is 5.52 Å². The Morgan fingerprint density at radius 3 is 1.88 bits per heavy atom. The van der Waals surface area contributed by atoms with Crippen molar-refractivity contribution in [2.24, 2.45) is 0 Å². The fourth-order valence-corrected chi connectivity index (χ4v) is 13.1. The number of carboxylic acid groups (broad SMARTS) is 1. The third-order valence-corrected chi connectivity index (χ3v) is 15.9. The predicted octanol–water partition coefficient (Wildman–Crippen LogP) is 8.30. The van der Waals surface area contributed by atoms with Crippen molar-refractivity contribution in [3.8, 4) is 5.75 Å². The van der Waals surface area contributed by atoms with E-state index in [0.717, 1.165) is 18.9 Å². The summed E-state index contributed by atoms with van der Waals surface area (Å²) in [4.78, 5) is 54.4. The molecular formula is C39H60FN3O14P2. The number of anilines is 1. The van der Waals surface area contributed by atoms with Crippen LogP contribution in [0.25, 0.3) is 10.9 Å². The van der Waals surface area contributed by atoms with Crippen molar-refractivity contribution in [2.75, 3.05) is 31.6 Å². The molecule has 1 saturated heterocycles. The molecule has 0 radical (unpaired) electrons. The molecule has 1 aliphatic carbocycles.